The van der Waals surface area contributed by atoms with Gasteiger partial charge in [-0.25, -0.2) is 9.78 Å². The number of nitrogens with zero attached hydrogens (tertiary/aromatic N) is 1. The van der Waals surface area contributed by atoms with Crippen LogP contribution in [0.25, 0.3) is 11.1 Å². The minimum Gasteiger partial charge on any atom is -0.460 e. The van der Waals surface area contributed by atoms with Gasteiger partial charge in [-0.05, 0) is 26.8 Å². The smallest absolute Gasteiger partial charge is 0.407 e. The lowest BCUT2D eigenvalue weighted by molar-refractivity contribution is -0.156. The first kappa shape index (κ1) is 23.0. The van der Waals surface area contributed by atoms with E-state index in [0.29, 0.717) is 5.02 Å². The number of rotatable bonds is 7. The average molecular weight is 445 g/mol. The zero-order valence-corrected chi connectivity index (χ0v) is 17.7. The number of oxazole rings is 1. The molecule has 1 heterocycles. The van der Waals surface area contributed by atoms with Gasteiger partial charge in [0.15, 0.2) is 11.7 Å². The molecule has 0 spiro atoms. The number of esters is 1. The Labute approximate surface area is 177 Å². The highest BCUT2D eigenvalue weighted by Crippen LogP contribution is 2.31. The van der Waals surface area contributed by atoms with Gasteiger partial charge in [0, 0.05) is 11.1 Å². The van der Waals surface area contributed by atoms with Crippen LogP contribution in [0.4, 0.5) is 4.79 Å². The number of aliphatic hydroxyl groups excluding tert-OH is 1. The number of nitrogens with one attached hydrogen (secondary N) is 1. The Kier molecular flexibility index (Phi) is 7.51. The number of ether oxygens (including phenoxy) is 2. The maximum absolute atomic E-state index is 12.2. The normalized spacial score (nSPS) is 13.6. The SMILES string of the molecule is C=CCOC(=O)N[C@@H](CC(=O)OC(C)(C)C)C(O)c1nc2c(Cl)cc(Cl)cc2o1. The lowest BCUT2D eigenvalue weighted by atomic mass is 10.1. The number of carbonyl (C=O) groups excluding carboxylic acids is 2. The van der Waals surface area contributed by atoms with Crippen molar-refractivity contribution < 1.29 is 28.6 Å². The monoisotopic (exact) mass is 444 g/mol. The molecule has 2 aromatic rings. The lowest BCUT2D eigenvalue weighted by Gasteiger charge is -2.24. The van der Waals surface area contributed by atoms with E-state index in [4.69, 9.17) is 37.1 Å². The van der Waals surface area contributed by atoms with Crippen molar-refractivity contribution in [2.45, 2.75) is 44.9 Å². The fourth-order valence-electron chi connectivity index (χ4n) is 2.40. The number of aromatic nitrogens is 1. The van der Waals surface area contributed by atoms with E-state index in [1.54, 1.807) is 20.8 Å². The molecule has 1 amide bonds. The van der Waals surface area contributed by atoms with E-state index in [2.05, 4.69) is 16.9 Å². The molecule has 29 heavy (non-hydrogen) atoms. The van der Waals surface area contributed by atoms with Crippen molar-refractivity contribution in [1.82, 2.24) is 10.3 Å². The van der Waals surface area contributed by atoms with Crippen molar-refractivity contribution in [1.29, 1.82) is 0 Å². The van der Waals surface area contributed by atoms with Gasteiger partial charge in [0.25, 0.3) is 0 Å². The molecule has 8 nitrogen and oxygen atoms in total. The molecule has 1 unspecified atom stereocenters. The molecule has 0 aliphatic heterocycles. The minimum absolute atomic E-state index is 0.0436. The number of benzene rings is 1. The zero-order valence-electron chi connectivity index (χ0n) is 16.2. The molecule has 0 aliphatic carbocycles. The van der Waals surface area contributed by atoms with Crippen molar-refractivity contribution in [3.63, 3.8) is 0 Å². The molecule has 0 saturated carbocycles. The van der Waals surface area contributed by atoms with Gasteiger partial charge < -0.3 is 24.3 Å². The predicted molar refractivity (Wildman–Crippen MR) is 108 cm³/mol. The fourth-order valence-corrected chi connectivity index (χ4v) is 2.92. The maximum Gasteiger partial charge on any atom is 0.407 e. The van der Waals surface area contributed by atoms with Gasteiger partial charge in [-0.1, -0.05) is 35.9 Å². The summed E-state index contributed by atoms with van der Waals surface area (Å²) in [6, 6.07) is 1.83. The van der Waals surface area contributed by atoms with Crippen LogP contribution in [-0.2, 0) is 14.3 Å². The molecule has 0 saturated heterocycles. The van der Waals surface area contributed by atoms with Gasteiger partial charge in [0.2, 0.25) is 5.89 Å². The van der Waals surface area contributed by atoms with E-state index >= 15 is 0 Å². The molecule has 158 valence electrons. The van der Waals surface area contributed by atoms with Gasteiger partial charge in [-0.3, -0.25) is 4.79 Å². The molecule has 1 aromatic carbocycles. The molecule has 2 rings (SSSR count). The minimum atomic E-state index is -1.49. The number of halogens is 2. The first-order chi connectivity index (χ1) is 13.5. The van der Waals surface area contributed by atoms with Gasteiger partial charge in [-0.15, -0.1) is 0 Å². The van der Waals surface area contributed by atoms with Crippen LogP contribution < -0.4 is 5.32 Å². The van der Waals surface area contributed by atoms with Crippen LogP contribution in [0.2, 0.25) is 10.0 Å². The number of hydrogen-bond acceptors (Lipinski definition) is 7. The molecule has 2 N–H and O–H groups in total. The van der Waals surface area contributed by atoms with E-state index in [1.165, 1.54) is 18.2 Å². The van der Waals surface area contributed by atoms with Crippen molar-refractivity contribution in [2.24, 2.45) is 0 Å². The number of alkyl carbamates (subject to hydrolysis) is 1. The highest BCUT2D eigenvalue weighted by Gasteiger charge is 2.32. The Morgan fingerprint density at radius 3 is 2.69 bits per heavy atom. The van der Waals surface area contributed by atoms with E-state index in [1.807, 2.05) is 0 Å². The predicted octanol–water partition coefficient (Wildman–Crippen LogP) is 4.18. The molecule has 10 heteroatoms. The summed E-state index contributed by atoms with van der Waals surface area (Å²) in [7, 11) is 0. The van der Waals surface area contributed by atoms with E-state index in [0.717, 1.165) is 0 Å². The number of fused-ring (bicyclic) bond motifs is 1. The Balaban J connectivity index is 2.28. The first-order valence-electron chi connectivity index (χ1n) is 8.69. The largest absolute Gasteiger partial charge is 0.460 e. The highest BCUT2D eigenvalue weighted by molar-refractivity contribution is 6.38. The average Bonchev–Trinajstić information content (AvgIpc) is 3.01. The van der Waals surface area contributed by atoms with Gasteiger partial charge in [0.1, 0.15) is 17.7 Å². The van der Waals surface area contributed by atoms with Crippen molar-refractivity contribution in [2.75, 3.05) is 6.61 Å². The summed E-state index contributed by atoms with van der Waals surface area (Å²) in [6.45, 7) is 8.51. The quantitative estimate of drug-likeness (QED) is 0.486. The Morgan fingerprint density at radius 2 is 2.07 bits per heavy atom. The van der Waals surface area contributed by atoms with Crippen LogP contribution in [-0.4, -0.2) is 40.4 Å². The number of aliphatic hydroxyl groups is 1. The lowest BCUT2D eigenvalue weighted by Crippen LogP contribution is -2.42. The summed E-state index contributed by atoms with van der Waals surface area (Å²) in [5.41, 5.74) is -0.199. The summed E-state index contributed by atoms with van der Waals surface area (Å²) in [5, 5.41) is 13.7. The van der Waals surface area contributed by atoms with Crippen LogP contribution in [0.3, 0.4) is 0 Å². The summed E-state index contributed by atoms with van der Waals surface area (Å²) < 4.78 is 15.7. The number of carbonyl (C=O) groups is 2. The summed E-state index contributed by atoms with van der Waals surface area (Å²) in [6.07, 6.45) is -1.31. The molecular formula is C19H22Cl2N2O6. The highest BCUT2D eigenvalue weighted by atomic mass is 35.5. The second-order valence-corrected chi connectivity index (χ2v) is 8.00. The molecular weight excluding hydrogens is 423 g/mol. The van der Waals surface area contributed by atoms with E-state index < -0.39 is 29.8 Å². The van der Waals surface area contributed by atoms with Crippen molar-refractivity contribution in [3.8, 4) is 0 Å². The summed E-state index contributed by atoms with van der Waals surface area (Å²) in [5.74, 6) is -0.787. The molecule has 0 radical (unpaired) electrons. The molecule has 0 aliphatic rings. The van der Waals surface area contributed by atoms with E-state index in [9.17, 15) is 14.7 Å². The van der Waals surface area contributed by atoms with Crippen LogP contribution in [0.15, 0.2) is 29.2 Å². The Bertz CT molecular complexity index is 906. The van der Waals surface area contributed by atoms with Gasteiger partial charge in [-0.2, -0.15) is 0 Å². The molecule has 1 aromatic heterocycles. The van der Waals surface area contributed by atoms with Gasteiger partial charge in [0.05, 0.1) is 17.5 Å². The third-order valence-electron chi connectivity index (χ3n) is 3.51. The van der Waals surface area contributed by atoms with E-state index in [-0.39, 0.29) is 35.0 Å². The zero-order chi connectivity index (χ0) is 21.8. The summed E-state index contributed by atoms with van der Waals surface area (Å²) in [4.78, 5) is 28.3. The number of hydrogen-bond donors (Lipinski definition) is 2. The van der Waals surface area contributed by atoms with Crippen LogP contribution in [0, 0.1) is 0 Å². The van der Waals surface area contributed by atoms with Gasteiger partial charge >= 0.3 is 12.1 Å². The van der Waals surface area contributed by atoms with Crippen LogP contribution in [0.1, 0.15) is 39.2 Å². The third-order valence-corrected chi connectivity index (χ3v) is 4.01. The third kappa shape index (κ3) is 6.62. The Morgan fingerprint density at radius 1 is 1.38 bits per heavy atom. The van der Waals surface area contributed by atoms with Crippen molar-refractivity contribution >= 4 is 46.4 Å². The molecule has 2 atom stereocenters. The van der Waals surface area contributed by atoms with Crippen molar-refractivity contribution in [3.05, 3.63) is 40.7 Å². The maximum atomic E-state index is 12.2. The first-order valence-corrected chi connectivity index (χ1v) is 9.45. The molecule has 0 bridgehead atoms. The second kappa shape index (κ2) is 9.47. The number of amides is 1. The topological polar surface area (TPSA) is 111 Å². The Hall–Kier alpha value is -2.29. The molecule has 0 fully saturated rings. The standard InChI is InChI=1S/C19H22Cl2N2O6/c1-5-6-27-18(26)22-12(9-14(24)29-19(2,3)4)16(25)17-23-15-11(21)7-10(20)8-13(15)28-17/h5,7-8,12,16,25H,1,6,9H2,2-4H3,(H,22,26)/t12-,16?/m0/s1. The summed E-state index contributed by atoms with van der Waals surface area (Å²) >= 11 is 12.0. The van der Waals surface area contributed by atoms with Crippen LogP contribution >= 0.6 is 23.2 Å². The second-order valence-electron chi connectivity index (χ2n) is 7.16. The van der Waals surface area contributed by atoms with Crippen LogP contribution in [0.5, 0.6) is 0 Å². The fraction of sp³-hybridized carbons (Fsp3) is 0.421.